The third-order valence-electron chi connectivity index (χ3n) is 2.90. The van der Waals surface area contributed by atoms with Crippen molar-refractivity contribution in [2.75, 3.05) is 6.61 Å². The molecule has 0 spiro atoms. The lowest BCUT2D eigenvalue weighted by molar-refractivity contribution is 0.309. The largest absolute Gasteiger partial charge is 0.494 e. The van der Waals surface area contributed by atoms with Gasteiger partial charge in [-0.3, -0.25) is 4.79 Å². The average molecular weight is 273 g/mol. The number of aromatic nitrogens is 2. The fraction of sp³-hybridized carbons (Fsp3) is 0.333. The third-order valence-corrected chi connectivity index (χ3v) is 2.90. The molecule has 5 heteroatoms. The van der Waals surface area contributed by atoms with E-state index in [1.54, 1.807) is 0 Å². The van der Waals surface area contributed by atoms with Crippen molar-refractivity contribution in [1.82, 2.24) is 9.97 Å². The normalized spacial score (nSPS) is 10.5. The first-order chi connectivity index (χ1) is 9.72. The van der Waals surface area contributed by atoms with E-state index in [4.69, 9.17) is 10.5 Å². The summed E-state index contributed by atoms with van der Waals surface area (Å²) in [5.74, 6) is 1.34. The predicted octanol–water partition coefficient (Wildman–Crippen LogP) is 2.07. The Hall–Kier alpha value is -2.14. The van der Waals surface area contributed by atoms with Crippen LogP contribution in [0.15, 0.2) is 35.1 Å². The number of benzene rings is 1. The summed E-state index contributed by atoms with van der Waals surface area (Å²) in [6, 6.07) is 8.91. The van der Waals surface area contributed by atoms with Crippen LogP contribution in [0.1, 0.15) is 25.5 Å². The standard InChI is InChI=1S/C15H19N3O2/c1-2-3-8-20-13-6-4-11(5-7-13)15-17-12(10-16)9-14(19)18-15/h4-7,9H,2-3,8,10,16H2,1H3,(H,17,18,19). The summed E-state index contributed by atoms with van der Waals surface area (Å²) < 4.78 is 5.59. The van der Waals surface area contributed by atoms with E-state index in [9.17, 15) is 4.79 Å². The minimum Gasteiger partial charge on any atom is -0.494 e. The van der Waals surface area contributed by atoms with Crippen LogP contribution in [-0.2, 0) is 6.54 Å². The molecule has 2 rings (SSSR count). The van der Waals surface area contributed by atoms with Gasteiger partial charge in [-0.05, 0) is 30.7 Å². The van der Waals surface area contributed by atoms with Crippen molar-refractivity contribution in [1.29, 1.82) is 0 Å². The Bertz CT molecular complexity index is 605. The molecular weight excluding hydrogens is 254 g/mol. The second kappa shape index (κ2) is 6.86. The number of unbranched alkanes of at least 4 members (excludes halogenated alkanes) is 1. The molecule has 0 saturated carbocycles. The summed E-state index contributed by atoms with van der Waals surface area (Å²) in [7, 11) is 0. The smallest absolute Gasteiger partial charge is 0.251 e. The molecule has 0 aliphatic rings. The summed E-state index contributed by atoms with van der Waals surface area (Å²) >= 11 is 0. The molecule has 5 nitrogen and oxygen atoms in total. The van der Waals surface area contributed by atoms with Gasteiger partial charge in [0.1, 0.15) is 11.6 Å². The number of aromatic amines is 1. The molecule has 0 bridgehead atoms. The highest BCUT2D eigenvalue weighted by atomic mass is 16.5. The van der Waals surface area contributed by atoms with E-state index in [-0.39, 0.29) is 12.1 Å². The molecule has 0 aliphatic heterocycles. The van der Waals surface area contributed by atoms with Crippen LogP contribution in [-0.4, -0.2) is 16.6 Å². The Morgan fingerprint density at radius 2 is 2.05 bits per heavy atom. The molecular formula is C15H19N3O2. The highest BCUT2D eigenvalue weighted by Gasteiger charge is 2.03. The van der Waals surface area contributed by atoms with E-state index in [1.807, 2.05) is 24.3 Å². The fourth-order valence-electron chi connectivity index (χ4n) is 1.79. The van der Waals surface area contributed by atoms with Crippen LogP contribution in [0, 0.1) is 0 Å². The molecule has 0 unspecified atom stereocenters. The molecule has 1 aromatic carbocycles. The maximum Gasteiger partial charge on any atom is 0.251 e. The van der Waals surface area contributed by atoms with Gasteiger partial charge in [0.2, 0.25) is 0 Å². The Morgan fingerprint density at radius 1 is 1.30 bits per heavy atom. The quantitative estimate of drug-likeness (QED) is 0.789. The molecule has 0 fully saturated rings. The molecule has 0 radical (unpaired) electrons. The Balaban J connectivity index is 2.17. The van der Waals surface area contributed by atoms with Gasteiger partial charge < -0.3 is 15.5 Å². The highest BCUT2D eigenvalue weighted by molar-refractivity contribution is 5.56. The first-order valence-corrected chi connectivity index (χ1v) is 6.76. The SMILES string of the molecule is CCCCOc1ccc(-c2nc(CN)cc(=O)[nH]2)cc1. The van der Waals surface area contributed by atoms with Crippen LogP contribution in [0.5, 0.6) is 5.75 Å². The van der Waals surface area contributed by atoms with Gasteiger partial charge in [0, 0.05) is 18.2 Å². The molecule has 20 heavy (non-hydrogen) atoms. The Labute approximate surface area is 117 Å². The summed E-state index contributed by atoms with van der Waals surface area (Å²) in [6.45, 7) is 3.08. The van der Waals surface area contributed by atoms with E-state index in [0.29, 0.717) is 18.1 Å². The third kappa shape index (κ3) is 3.68. The minimum absolute atomic E-state index is 0.196. The van der Waals surface area contributed by atoms with Crippen LogP contribution in [0.3, 0.4) is 0 Å². The van der Waals surface area contributed by atoms with E-state index >= 15 is 0 Å². The second-order valence-electron chi connectivity index (χ2n) is 4.52. The van der Waals surface area contributed by atoms with E-state index in [0.717, 1.165) is 24.2 Å². The monoisotopic (exact) mass is 273 g/mol. The number of rotatable bonds is 6. The van der Waals surface area contributed by atoms with Crippen molar-refractivity contribution in [3.8, 4) is 17.1 Å². The fourth-order valence-corrected chi connectivity index (χ4v) is 1.79. The van der Waals surface area contributed by atoms with Crippen LogP contribution >= 0.6 is 0 Å². The number of nitrogens with two attached hydrogens (primary N) is 1. The maximum atomic E-state index is 11.5. The minimum atomic E-state index is -0.196. The summed E-state index contributed by atoms with van der Waals surface area (Å²) in [5.41, 5.74) is 6.74. The maximum absolute atomic E-state index is 11.5. The summed E-state index contributed by atoms with van der Waals surface area (Å²) in [5, 5.41) is 0. The van der Waals surface area contributed by atoms with Crippen molar-refractivity contribution in [3.63, 3.8) is 0 Å². The number of nitrogens with zero attached hydrogens (tertiary/aromatic N) is 1. The molecule has 2 aromatic rings. The summed E-state index contributed by atoms with van der Waals surface area (Å²) in [4.78, 5) is 18.5. The lowest BCUT2D eigenvalue weighted by atomic mass is 10.2. The van der Waals surface area contributed by atoms with Crippen molar-refractivity contribution >= 4 is 0 Å². The van der Waals surface area contributed by atoms with Crippen molar-refractivity contribution < 1.29 is 4.74 Å². The lowest BCUT2D eigenvalue weighted by Gasteiger charge is -2.07. The topological polar surface area (TPSA) is 81.0 Å². The number of H-pyrrole nitrogens is 1. The van der Waals surface area contributed by atoms with Gasteiger partial charge in [-0.1, -0.05) is 13.3 Å². The van der Waals surface area contributed by atoms with Crippen molar-refractivity contribution in [3.05, 3.63) is 46.4 Å². The Kier molecular flexibility index (Phi) is 4.90. The molecule has 0 aliphatic carbocycles. The highest BCUT2D eigenvalue weighted by Crippen LogP contribution is 2.19. The number of ether oxygens (including phenoxy) is 1. The van der Waals surface area contributed by atoms with Gasteiger partial charge in [-0.2, -0.15) is 0 Å². The van der Waals surface area contributed by atoms with Crippen molar-refractivity contribution in [2.24, 2.45) is 5.73 Å². The molecule has 0 atom stereocenters. The van der Waals surface area contributed by atoms with Crippen LogP contribution in [0.25, 0.3) is 11.4 Å². The van der Waals surface area contributed by atoms with Gasteiger partial charge >= 0.3 is 0 Å². The van der Waals surface area contributed by atoms with Gasteiger partial charge in [0.05, 0.1) is 12.3 Å². The molecule has 3 N–H and O–H groups in total. The molecule has 0 amide bonds. The second-order valence-corrected chi connectivity index (χ2v) is 4.52. The first kappa shape index (κ1) is 14.3. The number of hydrogen-bond donors (Lipinski definition) is 2. The average Bonchev–Trinajstić information content (AvgIpc) is 2.47. The number of hydrogen-bond acceptors (Lipinski definition) is 4. The predicted molar refractivity (Wildman–Crippen MR) is 78.6 cm³/mol. The zero-order chi connectivity index (χ0) is 14.4. The van der Waals surface area contributed by atoms with Crippen molar-refractivity contribution in [2.45, 2.75) is 26.3 Å². The molecule has 1 aromatic heterocycles. The van der Waals surface area contributed by atoms with Gasteiger partial charge in [0.25, 0.3) is 5.56 Å². The van der Waals surface area contributed by atoms with Crippen LogP contribution < -0.4 is 16.0 Å². The van der Waals surface area contributed by atoms with Gasteiger partial charge in [0.15, 0.2) is 0 Å². The van der Waals surface area contributed by atoms with Gasteiger partial charge in [-0.25, -0.2) is 4.98 Å². The number of nitrogens with one attached hydrogen (secondary N) is 1. The van der Waals surface area contributed by atoms with E-state index < -0.39 is 0 Å². The molecule has 0 saturated heterocycles. The summed E-state index contributed by atoms with van der Waals surface area (Å²) in [6.07, 6.45) is 2.14. The lowest BCUT2D eigenvalue weighted by Crippen LogP contribution is -2.12. The van der Waals surface area contributed by atoms with Crippen LogP contribution in [0.2, 0.25) is 0 Å². The van der Waals surface area contributed by atoms with Gasteiger partial charge in [-0.15, -0.1) is 0 Å². The zero-order valence-electron chi connectivity index (χ0n) is 11.6. The first-order valence-electron chi connectivity index (χ1n) is 6.76. The molecule has 1 heterocycles. The molecule has 106 valence electrons. The zero-order valence-corrected chi connectivity index (χ0v) is 11.6. The van der Waals surface area contributed by atoms with Crippen LogP contribution in [0.4, 0.5) is 0 Å². The van der Waals surface area contributed by atoms with E-state index in [1.165, 1.54) is 6.07 Å². The van der Waals surface area contributed by atoms with E-state index in [2.05, 4.69) is 16.9 Å². The Morgan fingerprint density at radius 3 is 2.70 bits per heavy atom.